The zero-order valence-corrected chi connectivity index (χ0v) is 16.5. The van der Waals surface area contributed by atoms with E-state index in [1.165, 1.54) is 0 Å². The Morgan fingerprint density at radius 1 is 1.11 bits per heavy atom. The molecule has 1 aromatic carbocycles. The summed E-state index contributed by atoms with van der Waals surface area (Å²) >= 11 is 0. The topological polar surface area (TPSA) is 91.3 Å². The van der Waals surface area contributed by atoms with Crippen LogP contribution in [0.2, 0.25) is 0 Å². The van der Waals surface area contributed by atoms with E-state index in [1.807, 2.05) is 27.7 Å². The van der Waals surface area contributed by atoms with Gasteiger partial charge >= 0.3 is 19.1 Å². The summed E-state index contributed by atoms with van der Waals surface area (Å²) < 4.78 is 22.3. The van der Waals surface area contributed by atoms with Crippen molar-refractivity contribution >= 4 is 19.1 Å². The first-order valence-corrected chi connectivity index (χ1v) is 9.01. The molecule has 0 radical (unpaired) electrons. The van der Waals surface area contributed by atoms with E-state index < -0.39 is 36.1 Å². The molecule has 1 aromatic rings. The smallest absolute Gasteiger partial charge is 0.466 e. The number of benzene rings is 1. The Labute approximate surface area is 160 Å². The van der Waals surface area contributed by atoms with Gasteiger partial charge in [-0.1, -0.05) is 12.1 Å². The first-order valence-electron chi connectivity index (χ1n) is 9.01. The van der Waals surface area contributed by atoms with Gasteiger partial charge in [0.15, 0.2) is 6.61 Å². The van der Waals surface area contributed by atoms with Gasteiger partial charge in [-0.25, -0.2) is 4.79 Å². The zero-order valence-electron chi connectivity index (χ0n) is 16.5. The largest absolute Gasteiger partial charge is 0.482 e. The molecule has 7 nitrogen and oxygen atoms in total. The van der Waals surface area contributed by atoms with Crippen LogP contribution in [0.4, 0.5) is 0 Å². The number of hydrogen-bond acceptors (Lipinski definition) is 6. The summed E-state index contributed by atoms with van der Waals surface area (Å²) in [6, 6.07) is 6.90. The fourth-order valence-electron chi connectivity index (χ4n) is 2.77. The zero-order chi connectivity index (χ0) is 20.2. The molecule has 1 unspecified atom stereocenters. The maximum atomic E-state index is 11.4. The van der Waals surface area contributed by atoms with Crippen molar-refractivity contribution in [2.45, 2.75) is 58.1 Å². The molecular formula is C19H27BO7. The monoisotopic (exact) mass is 378 g/mol. The molecule has 1 N–H and O–H groups in total. The van der Waals surface area contributed by atoms with Crippen LogP contribution >= 0.6 is 0 Å². The average Bonchev–Trinajstić information content (AvgIpc) is 2.79. The molecule has 0 amide bonds. The highest BCUT2D eigenvalue weighted by molar-refractivity contribution is 6.48. The van der Waals surface area contributed by atoms with Crippen molar-refractivity contribution in [3.05, 3.63) is 29.8 Å². The molecule has 148 valence electrons. The molecule has 0 bridgehead atoms. The van der Waals surface area contributed by atoms with Gasteiger partial charge in [0.1, 0.15) is 5.75 Å². The van der Waals surface area contributed by atoms with Crippen molar-refractivity contribution in [3.8, 4) is 5.75 Å². The third-order valence-corrected chi connectivity index (χ3v) is 4.96. The van der Waals surface area contributed by atoms with Gasteiger partial charge in [0.2, 0.25) is 0 Å². The molecule has 8 heteroatoms. The Hall–Kier alpha value is -2.06. The summed E-state index contributed by atoms with van der Waals surface area (Å²) in [7, 11) is -0.669. The van der Waals surface area contributed by atoms with Crippen molar-refractivity contribution in [2.24, 2.45) is 0 Å². The highest BCUT2D eigenvalue weighted by atomic mass is 16.7. The number of hydrogen-bond donors (Lipinski definition) is 1. The highest BCUT2D eigenvalue weighted by Gasteiger charge is 2.54. The summed E-state index contributed by atoms with van der Waals surface area (Å²) in [6.07, 6.45) is -0.125. The molecule has 0 spiro atoms. The van der Waals surface area contributed by atoms with E-state index in [1.54, 1.807) is 31.2 Å². The van der Waals surface area contributed by atoms with Crippen molar-refractivity contribution in [3.63, 3.8) is 0 Å². The third-order valence-electron chi connectivity index (χ3n) is 4.96. The number of ether oxygens (including phenoxy) is 2. The average molecular weight is 378 g/mol. The molecule has 2 rings (SSSR count). The normalized spacial score (nSPS) is 18.8. The SMILES string of the molecule is CCOC(=O)COc1ccc(C(CC(=O)O)B2OC(C)(C)C(C)(C)O2)cc1. The second-order valence-corrected chi connectivity index (χ2v) is 7.49. The van der Waals surface area contributed by atoms with E-state index in [9.17, 15) is 14.7 Å². The maximum Gasteiger partial charge on any atom is 0.466 e. The minimum Gasteiger partial charge on any atom is -0.482 e. The predicted octanol–water partition coefficient (Wildman–Crippen LogP) is 2.82. The molecule has 27 heavy (non-hydrogen) atoms. The van der Waals surface area contributed by atoms with Crippen molar-refractivity contribution in [1.82, 2.24) is 0 Å². The lowest BCUT2D eigenvalue weighted by Gasteiger charge is -2.32. The van der Waals surface area contributed by atoms with Crippen LogP contribution in [0.25, 0.3) is 0 Å². The summed E-state index contributed by atoms with van der Waals surface area (Å²) in [5, 5.41) is 9.33. The molecule has 0 aliphatic carbocycles. The molecule has 1 aliphatic rings. The number of carboxylic acids is 1. The number of rotatable bonds is 8. The van der Waals surface area contributed by atoms with Crippen LogP contribution in [0.15, 0.2) is 24.3 Å². The first kappa shape index (κ1) is 21.2. The van der Waals surface area contributed by atoms with Crippen LogP contribution in [0.3, 0.4) is 0 Å². The fourth-order valence-corrected chi connectivity index (χ4v) is 2.77. The van der Waals surface area contributed by atoms with Gasteiger partial charge in [0.05, 0.1) is 24.2 Å². The summed E-state index contributed by atoms with van der Waals surface area (Å²) in [5.74, 6) is -1.35. The van der Waals surface area contributed by atoms with Crippen LogP contribution in [0.1, 0.15) is 52.4 Å². The van der Waals surface area contributed by atoms with E-state index in [2.05, 4.69) is 0 Å². The minimum absolute atomic E-state index is 0.125. The van der Waals surface area contributed by atoms with Crippen LogP contribution in [0, 0.1) is 0 Å². The molecular weight excluding hydrogens is 351 g/mol. The van der Waals surface area contributed by atoms with Crippen LogP contribution in [-0.2, 0) is 23.6 Å². The summed E-state index contributed by atoms with van der Waals surface area (Å²) in [4.78, 5) is 22.7. The predicted molar refractivity (Wildman–Crippen MR) is 99.6 cm³/mol. The van der Waals surface area contributed by atoms with E-state index in [4.69, 9.17) is 18.8 Å². The Morgan fingerprint density at radius 2 is 1.67 bits per heavy atom. The van der Waals surface area contributed by atoms with Gasteiger partial charge in [-0.15, -0.1) is 0 Å². The Kier molecular flexibility index (Phi) is 6.54. The lowest BCUT2D eigenvalue weighted by Crippen LogP contribution is -2.41. The molecule has 1 heterocycles. The van der Waals surface area contributed by atoms with E-state index >= 15 is 0 Å². The summed E-state index contributed by atoms with van der Waals surface area (Å²) in [6.45, 7) is 9.56. The molecule has 1 aliphatic heterocycles. The van der Waals surface area contributed by atoms with Gasteiger partial charge in [0, 0.05) is 5.82 Å². The third kappa shape index (κ3) is 5.23. The first-order chi connectivity index (χ1) is 12.6. The Morgan fingerprint density at radius 3 is 2.15 bits per heavy atom. The van der Waals surface area contributed by atoms with Crippen molar-refractivity contribution in [1.29, 1.82) is 0 Å². The highest BCUT2D eigenvalue weighted by Crippen LogP contribution is 2.41. The molecule has 1 fully saturated rings. The van der Waals surface area contributed by atoms with Gasteiger partial charge in [-0.05, 0) is 52.3 Å². The second kappa shape index (κ2) is 8.31. The Bertz CT molecular complexity index is 653. The fraction of sp³-hybridized carbons (Fsp3) is 0.579. The number of carbonyl (C=O) groups is 2. The quantitative estimate of drug-likeness (QED) is 0.549. The standard InChI is InChI=1S/C19H27BO7/c1-6-24-17(23)12-25-14-9-7-13(8-10-14)15(11-16(21)22)20-26-18(2,3)19(4,5)27-20/h7-10,15H,6,11-12H2,1-5H3,(H,21,22). The van der Waals surface area contributed by atoms with Crippen molar-refractivity contribution in [2.75, 3.05) is 13.2 Å². The number of aliphatic carboxylic acids is 1. The van der Waals surface area contributed by atoms with Crippen LogP contribution < -0.4 is 4.74 Å². The van der Waals surface area contributed by atoms with Crippen LogP contribution in [0.5, 0.6) is 5.75 Å². The number of carboxylic acid groups (broad SMARTS) is 1. The van der Waals surface area contributed by atoms with E-state index in [-0.39, 0.29) is 13.0 Å². The van der Waals surface area contributed by atoms with Gasteiger partial charge in [0.25, 0.3) is 0 Å². The Balaban J connectivity index is 2.13. The maximum absolute atomic E-state index is 11.4. The molecule has 1 atom stereocenters. The summed E-state index contributed by atoms with van der Waals surface area (Å²) in [5.41, 5.74) is -0.326. The van der Waals surface area contributed by atoms with Crippen LogP contribution in [-0.4, -0.2) is 48.6 Å². The lowest BCUT2D eigenvalue weighted by molar-refractivity contribution is -0.145. The minimum atomic E-state index is -0.933. The molecule has 1 saturated heterocycles. The van der Waals surface area contributed by atoms with Gasteiger partial charge < -0.3 is 23.9 Å². The van der Waals surface area contributed by atoms with Gasteiger partial charge in [-0.3, -0.25) is 4.79 Å². The molecule has 0 saturated carbocycles. The van der Waals surface area contributed by atoms with Crippen molar-refractivity contribution < 1.29 is 33.5 Å². The van der Waals surface area contributed by atoms with E-state index in [0.717, 1.165) is 5.56 Å². The van der Waals surface area contributed by atoms with Gasteiger partial charge in [-0.2, -0.15) is 0 Å². The number of carbonyl (C=O) groups excluding carboxylic acids is 1. The van der Waals surface area contributed by atoms with E-state index in [0.29, 0.717) is 12.4 Å². The lowest BCUT2D eigenvalue weighted by atomic mass is 9.66. The number of esters is 1. The second-order valence-electron chi connectivity index (χ2n) is 7.49. The molecule has 0 aromatic heterocycles.